The van der Waals surface area contributed by atoms with Crippen LogP contribution in [0.1, 0.15) is 123 Å². The van der Waals surface area contributed by atoms with Gasteiger partial charge in [0.2, 0.25) is 0 Å². The minimum Gasteiger partial charge on any atom is -0.481 e. The number of aliphatic imine (C=N–C) groups is 1. The van der Waals surface area contributed by atoms with Gasteiger partial charge in [-0.05, 0) is 128 Å². The van der Waals surface area contributed by atoms with Gasteiger partial charge in [0.05, 0.1) is 10.3 Å². The van der Waals surface area contributed by atoms with Gasteiger partial charge in [-0.25, -0.2) is 4.99 Å². The first-order valence-corrected chi connectivity index (χ1v) is 17.1. The minimum absolute atomic E-state index is 0.0316. The molecule has 7 heteroatoms. The van der Waals surface area contributed by atoms with Crippen molar-refractivity contribution in [2.24, 2.45) is 67.6 Å². The number of fused-ring (bicyclic) bond motifs is 7. The van der Waals surface area contributed by atoms with E-state index in [0.717, 1.165) is 69.9 Å². The second-order valence-corrected chi connectivity index (χ2v) is 17.0. The third-order valence-electron chi connectivity index (χ3n) is 15.1. The first-order chi connectivity index (χ1) is 20.5. The molecule has 0 saturated heterocycles. The molecule has 0 unspecified atom stereocenters. The summed E-state index contributed by atoms with van der Waals surface area (Å²) in [5.41, 5.74) is 0.923. The Morgan fingerprint density at radius 3 is 2.18 bits per heavy atom. The van der Waals surface area contributed by atoms with Crippen molar-refractivity contribution in [3.05, 3.63) is 39.9 Å². The fourth-order valence-electron chi connectivity index (χ4n) is 12.7. The highest BCUT2D eigenvalue weighted by molar-refractivity contribution is 6.06. The first kappa shape index (κ1) is 31.4. The van der Waals surface area contributed by atoms with Gasteiger partial charge in [0, 0.05) is 28.8 Å². The fraction of sp³-hybridized carbons (Fsp3) is 0.757. The zero-order chi connectivity index (χ0) is 32.0. The smallest absolute Gasteiger partial charge is 0.309 e. The second-order valence-electron chi connectivity index (χ2n) is 17.0. The van der Waals surface area contributed by atoms with Crippen molar-refractivity contribution in [3.63, 3.8) is 0 Å². The fourth-order valence-corrected chi connectivity index (χ4v) is 12.7. The Bertz CT molecular complexity index is 1400. The molecule has 1 amide bonds. The summed E-state index contributed by atoms with van der Waals surface area (Å²) < 4.78 is 0. The highest BCUT2D eigenvalue weighted by atomic mass is 16.6. The molecule has 5 aliphatic rings. The van der Waals surface area contributed by atoms with Crippen LogP contribution in [0.2, 0.25) is 0 Å². The number of rotatable bonds is 4. The molecule has 1 aromatic carbocycles. The summed E-state index contributed by atoms with van der Waals surface area (Å²) in [4.78, 5) is 41.5. The molecule has 0 aromatic heterocycles. The lowest BCUT2D eigenvalue weighted by atomic mass is 9.32. The number of nitrogens with zero attached hydrogens (tertiary/aromatic N) is 2. The predicted molar refractivity (Wildman–Crippen MR) is 171 cm³/mol. The average molecular weight is 605 g/mol. The maximum atomic E-state index is 13.2. The molecular weight excluding hydrogens is 552 g/mol. The number of benzene rings is 1. The summed E-state index contributed by atoms with van der Waals surface area (Å²) in [6.07, 6.45) is 10.0. The van der Waals surface area contributed by atoms with E-state index in [9.17, 15) is 24.8 Å². The van der Waals surface area contributed by atoms with Crippen molar-refractivity contribution in [3.8, 4) is 0 Å². The van der Waals surface area contributed by atoms with Gasteiger partial charge in [0.25, 0.3) is 11.6 Å². The van der Waals surface area contributed by atoms with Gasteiger partial charge >= 0.3 is 5.97 Å². The van der Waals surface area contributed by atoms with Gasteiger partial charge in [-0.15, -0.1) is 0 Å². The number of nitro groups is 1. The number of hydrogen-bond acceptors (Lipinski definition) is 4. The maximum absolute atomic E-state index is 13.2. The van der Waals surface area contributed by atoms with Crippen LogP contribution in [-0.2, 0) is 4.79 Å². The number of amides is 1. The van der Waals surface area contributed by atoms with Crippen molar-refractivity contribution in [2.75, 3.05) is 0 Å². The third-order valence-corrected chi connectivity index (χ3v) is 15.1. The number of carboxylic acid groups (broad SMARTS) is 1. The number of nitro benzene ring substituents is 1. The largest absolute Gasteiger partial charge is 0.481 e. The van der Waals surface area contributed by atoms with E-state index in [2.05, 4.69) is 48.5 Å². The maximum Gasteiger partial charge on any atom is 0.309 e. The number of aliphatic carboxylic acids is 1. The van der Waals surface area contributed by atoms with Gasteiger partial charge in [-0.1, -0.05) is 48.5 Å². The standard InChI is InChI=1S/C37H52N2O5/c1-22(2)25-14-19-37(32(41)42)21-20-35(6)26(30(25)37)12-13-28-34(5)17-16-29(33(3,4)27(34)15-18-36(28,35)7)38-31(40)23-8-10-24(11-9-23)39(43)44/h8-11,22,25-28,30H,12-21H2,1-7H3,(H,41,42)/b38-29+/t25-,26-,27+,28-,30-,34+,35-,36-,37+/m1/s1. The molecular formula is C37H52N2O5. The normalized spacial score (nSPS) is 43.5. The van der Waals surface area contributed by atoms with E-state index in [1.165, 1.54) is 24.3 Å². The number of carbonyl (C=O) groups is 2. The zero-order valence-corrected chi connectivity index (χ0v) is 27.8. The van der Waals surface area contributed by atoms with Crippen LogP contribution in [0.4, 0.5) is 5.69 Å². The quantitative estimate of drug-likeness (QED) is 0.272. The van der Waals surface area contributed by atoms with E-state index in [1.54, 1.807) is 0 Å². The average Bonchev–Trinajstić information content (AvgIpc) is 3.36. The molecule has 0 heterocycles. The number of non-ortho nitro benzene ring substituents is 1. The lowest BCUT2D eigenvalue weighted by molar-refractivity contribution is -0.384. The Kier molecular flexibility index (Phi) is 7.30. The Morgan fingerprint density at radius 2 is 1.57 bits per heavy atom. The molecule has 1 N–H and O–H groups in total. The van der Waals surface area contributed by atoms with Crippen molar-refractivity contribution >= 4 is 23.3 Å². The predicted octanol–water partition coefficient (Wildman–Crippen LogP) is 9.00. The molecule has 0 radical (unpaired) electrons. The molecule has 6 rings (SSSR count). The number of hydrogen-bond donors (Lipinski definition) is 1. The summed E-state index contributed by atoms with van der Waals surface area (Å²) in [5.74, 6) is 1.82. The van der Waals surface area contributed by atoms with Crippen molar-refractivity contribution in [2.45, 2.75) is 113 Å². The van der Waals surface area contributed by atoms with Crippen LogP contribution in [0, 0.1) is 72.7 Å². The molecule has 5 fully saturated rings. The van der Waals surface area contributed by atoms with E-state index < -0.39 is 16.3 Å². The molecule has 0 aliphatic heterocycles. The van der Waals surface area contributed by atoms with E-state index in [4.69, 9.17) is 4.99 Å². The summed E-state index contributed by atoms with van der Waals surface area (Å²) in [6.45, 7) is 16.8. The highest BCUT2D eigenvalue weighted by Gasteiger charge is 2.72. The lowest BCUT2D eigenvalue weighted by Crippen LogP contribution is -2.66. The third kappa shape index (κ3) is 4.15. The Hall–Kier alpha value is -2.57. The van der Waals surface area contributed by atoms with Crippen LogP contribution >= 0.6 is 0 Å². The zero-order valence-electron chi connectivity index (χ0n) is 27.8. The molecule has 5 saturated carbocycles. The summed E-state index contributed by atoms with van der Waals surface area (Å²) in [7, 11) is 0. The van der Waals surface area contributed by atoms with Crippen molar-refractivity contribution in [1.29, 1.82) is 0 Å². The molecule has 5 aliphatic carbocycles. The summed E-state index contributed by atoms with van der Waals surface area (Å²) >= 11 is 0. The molecule has 0 spiro atoms. The Balaban J connectivity index is 1.30. The molecule has 1 aromatic rings. The van der Waals surface area contributed by atoms with Crippen LogP contribution in [0.15, 0.2) is 29.3 Å². The van der Waals surface area contributed by atoms with Crippen molar-refractivity contribution < 1.29 is 19.6 Å². The van der Waals surface area contributed by atoms with Crippen LogP contribution in [0.5, 0.6) is 0 Å². The van der Waals surface area contributed by atoms with Gasteiger partial charge in [-0.2, -0.15) is 0 Å². The molecule has 0 bridgehead atoms. The van der Waals surface area contributed by atoms with Crippen molar-refractivity contribution in [1.82, 2.24) is 0 Å². The molecule has 7 nitrogen and oxygen atoms in total. The SMILES string of the molecule is CC(C)[C@H]1CC[C@]2(C(=O)O)CC[C@]3(C)[C@H](CC[C@@H]4[C@@]5(C)CC/C(=N\C(=O)c6ccc([N+](=O)[O-])cc6)C(C)(C)[C@@H]5CC[C@]43C)[C@@H]12. The number of carbonyl (C=O) groups excluding carboxylic acids is 1. The lowest BCUT2D eigenvalue weighted by Gasteiger charge is -2.72. The van der Waals surface area contributed by atoms with E-state index in [-0.39, 0.29) is 39.2 Å². The van der Waals surface area contributed by atoms with Crippen LogP contribution in [-0.4, -0.2) is 27.6 Å². The second kappa shape index (κ2) is 10.2. The highest BCUT2D eigenvalue weighted by Crippen LogP contribution is 2.77. The Labute approximate surface area is 262 Å². The van der Waals surface area contributed by atoms with Crippen LogP contribution in [0.3, 0.4) is 0 Å². The van der Waals surface area contributed by atoms with Crippen LogP contribution < -0.4 is 0 Å². The monoisotopic (exact) mass is 604 g/mol. The molecule has 240 valence electrons. The van der Waals surface area contributed by atoms with Gasteiger partial charge in [0.15, 0.2) is 0 Å². The first-order valence-electron chi connectivity index (χ1n) is 17.1. The van der Waals surface area contributed by atoms with Gasteiger partial charge in [0.1, 0.15) is 0 Å². The van der Waals surface area contributed by atoms with Crippen LogP contribution in [0.25, 0.3) is 0 Å². The van der Waals surface area contributed by atoms with Gasteiger partial charge in [-0.3, -0.25) is 19.7 Å². The van der Waals surface area contributed by atoms with Gasteiger partial charge < -0.3 is 5.11 Å². The summed E-state index contributed by atoms with van der Waals surface area (Å²) in [6, 6.07) is 5.76. The van der Waals surface area contributed by atoms with E-state index >= 15 is 0 Å². The Morgan fingerprint density at radius 1 is 0.886 bits per heavy atom. The minimum atomic E-state index is -0.544. The molecule has 9 atom stereocenters. The van der Waals surface area contributed by atoms with E-state index in [0.29, 0.717) is 35.2 Å². The summed E-state index contributed by atoms with van der Waals surface area (Å²) in [5, 5.41) is 21.7. The number of carboxylic acids is 1. The van der Waals surface area contributed by atoms with E-state index in [1.807, 2.05) is 0 Å². The topological polar surface area (TPSA) is 110 Å². The molecule has 44 heavy (non-hydrogen) atoms.